The lowest BCUT2D eigenvalue weighted by Gasteiger charge is -2.31. The van der Waals surface area contributed by atoms with Crippen molar-refractivity contribution in [3.63, 3.8) is 0 Å². The SMILES string of the molecule is CN(C)CC1(C)C=CC(c2cc3c(Cl)cccc3c(=O)[nH]2)=CC1. The number of hydrogen-bond acceptors (Lipinski definition) is 2. The van der Waals surface area contributed by atoms with Crippen molar-refractivity contribution in [2.75, 3.05) is 20.6 Å². The van der Waals surface area contributed by atoms with E-state index >= 15 is 0 Å². The van der Waals surface area contributed by atoms with Gasteiger partial charge in [0, 0.05) is 33.4 Å². The van der Waals surface area contributed by atoms with Gasteiger partial charge in [-0.2, -0.15) is 0 Å². The Balaban J connectivity index is 1.98. The van der Waals surface area contributed by atoms with Crippen molar-refractivity contribution in [1.82, 2.24) is 9.88 Å². The molecule has 1 heterocycles. The van der Waals surface area contributed by atoms with Crippen LogP contribution in [-0.4, -0.2) is 30.5 Å². The third-order valence-electron chi connectivity index (χ3n) is 4.28. The lowest BCUT2D eigenvalue weighted by Crippen LogP contribution is -2.30. The van der Waals surface area contributed by atoms with Crippen LogP contribution in [0.3, 0.4) is 0 Å². The molecular formula is C19H21ClN2O. The predicted octanol–water partition coefficient (Wildman–Crippen LogP) is 4.09. The summed E-state index contributed by atoms with van der Waals surface area (Å²) in [6.07, 6.45) is 7.47. The molecule has 0 fully saturated rings. The molecule has 1 aromatic carbocycles. The van der Waals surface area contributed by atoms with E-state index in [0.29, 0.717) is 10.4 Å². The van der Waals surface area contributed by atoms with E-state index in [1.807, 2.05) is 12.1 Å². The molecule has 1 atom stereocenters. The number of aromatic nitrogens is 1. The minimum absolute atomic E-state index is 0.101. The first kappa shape index (κ1) is 16.0. The number of pyridine rings is 1. The third-order valence-corrected chi connectivity index (χ3v) is 4.61. The predicted molar refractivity (Wildman–Crippen MR) is 98.0 cm³/mol. The molecule has 3 rings (SSSR count). The molecule has 120 valence electrons. The lowest BCUT2D eigenvalue weighted by molar-refractivity contribution is 0.273. The van der Waals surface area contributed by atoms with Crippen LogP contribution in [0.5, 0.6) is 0 Å². The van der Waals surface area contributed by atoms with E-state index in [0.717, 1.165) is 29.6 Å². The fourth-order valence-corrected chi connectivity index (χ4v) is 3.45. The monoisotopic (exact) mass is 328 g/mol. The summed E-state index contributed by atoms with van der Waals surface area (Å²) in [5, 5.41) is 2.02. The molecule has 23 heavy (non-hydrogen) atoms. The van der Waals surface area contributed by atoms with Crippen LogP contribution in [0.2, 0.25) is 5.02 Å². The lowest BCUT2D eigenvalue weighted by atomic mass is 9.81. The molecule has 0 bridgehead atoms. The van der Waals surface area contributed by atoms with Crippen LogP contribution >= 0.6 is 11.6 Å². The van der Waals surface area contributed by atoms with E-state index in [1.54, 1.807) is 12.1 Å². The van der Waals surface area contributed by atoms with E-state index in [1.165, 1.54) is 0 Å². The van der Waals surface area contributed by atoms with Crippen LogP contribution in [-0.2, 0) is 0 Å². The molecule has 1 aliphatic rings. The van der Waals surface area contributed by atoms with Crippen molar-refractivity contribution in [3.05, 3.63) is 63.6 Å². The van der Waals surface area contributed by atoms with Crippen molar-refractivity contribution in [3.8, 4) is 0 Å². The molecule has 0 saturated heterocycles. The van der Waals surface area contributed by atoms with Crippen LogP contribution in [0.15, 0.2) is 47.3 Å². The number of aromatic amines is 1. The highest BCUT2D eigenvalue weighted by Crippen LogP contribution is 2.33. The topological polar surface area (TPSA) is 36.1 Å². The van der Waals surface area contributed by atoms with E-state index < -0.39 is 0 Å². The van der Waals surface area contributed by atoms with Gasteiger partial charge in [0.1, 0.15) is 0 Å². The zero-order valence-corrected chi connectivity index (χ0v) is 14.4. The Kier molecular flexibility index (Phi) is 4.17. The first-order valence-corrected chi connectivity index (χ1v) is 8.12. The van der Waals surface area contributed by atoms with Gasteiger partial charge in [-0.1, -0.05) is 42.8 Å². The molecule has 1 N–H and O–H groups in total. The van der Waals surface area contributed by atoms with Gasteiger partial charge in [0.05, 0.1) is 0 Å². The highest BCUT2D eigenvalue weighted by Gasteiger charge is 2.24. The molecule has 0 saturated carbocycles. The number of fused-ring (bicyclic) bond motifs is 1. The minimum Gasteiger partial charge on any atom is -0.321 e. The first-order valence-electron chi connectivity index (χ1n) is 7.74. The average molecular weight is 329 g/mol. The van der Waals surface area contributed by atoms with Gasteiger partial charge in [-0.05, 0) is 44.3 Å². The van der Waals surface area contributed by atoms with Gasteiger partial charge in [-0.15, -0.1) is 0 Å². The molecule has 1 aromatic heterocycles. The standard InChI is InChI=1S/C19H21ClN2O/c1-19(12-22(2)3)9-7-13(8-10-19)17-11-15-14(18(23)21-17)5-4-6-16(15)20/h4-9,11H,10,12H2,1-3H3,(H,21,23). The second-order valence-electron chi connectivity index (χ2n) is 6.80. The van der Waals surface area contributed by atoms with Crippen LogP contribution in [0.1, 0.15) is 19.0 Å². The van der Waals surface area contributed by atoms with Crippen molar-refractivity contribution in [2.24, 2.45) is 5.41 Å². The van der Waals surface area contributed by atoms with Gasteiger partial charge in [0.15, 0.2) is 0 Å². The zero-order chi connectivity index (χ0) is 16.6. The summed E-state index contributed by atoms with van der Waals surface area (Å²) in [6.45, 7) is 3.24. The Labute approximate surface area is 141 Å². The molecule has 1 unspecified atom stereocenters. The maximum atomic E-state index is 12.3. The summed E-state index contributed by atoms with van der Waals surface area (Å²) < 4.78 is 0. The van der Waals surface area contributed by atoms with E-state index in [4.69, 9.17) is 11.6 Å². The summed E-state index contributed by atoms with van der Waals surface area (Å²) in [6, 6.07) is 7.37. The molecule has 0 spiro atoms. The molecule has 0 aliphatic heterocycles. The Morgan fingerprint density at radius 1 is 1.30 bits per heavy atom. The highest BCUT2D eigenvalue weighted by atomic mass is 35.5. The number of halogens is 1. The van der Waals surface area contributed by atoms with Crippen LogP contribution < -0.4 is 5.56 Å². The quantitative estimate of drug-likeness (QED) is 0.921. The van der Waals surface area contributed by atoms with Crippen molar-refractivity contribution < 1.29 is 0 Å². The van der Waals surface area contributed by atoms with Crippen molar-refractivity contribution >= 4 is 27.9 Å². The third kappa shape index (κ3) is 3.26. The molecule has 1 aliphatic carbocycles. The summed E-state index contributed by atoms with van der Waals surface area (Å²) in [5.41, 5.74) is 1.89. The number of H-pyrrole nitrogens is 1. The first-order chi connectivity index (χ1) is 10.9. The van der Waals surface area contributed by atoms with Crippen LogP contribution in [0.25, 0.3) is 16.3 Å². The second kappa shape index (κ2) is 5.99. The molecule has 3 nitrogen and oxygen atoms in total. The fourth-order valence-electron chi connectivity index (χ4n) is 3.22. The number of benzene rings is 1. The maximum Gasteiger partial charge on any atom is 0.256 e. The van der Waals surface area contributed by atoms with E-state index in [-0.39, 0.29) is 11.0 Å². The Bertz CT molecular complexity index is 863. The Morgan fingerprint density at radius 3 is 2.74 bits per heavy atom. The molecule has 0 amide bonds. The molecular weight excluding hydrogens is 308 g/mol. The number of hydrogen-bond donors (Lipinski definition) is 1. The van der Waals surface area contributed by atoms with Crippen LogP contribution in [0, 0.1) is 5.41 Å². The summed E-state index contributed by atoms with van der Waals surface area (Å²) >= 11 is 6.25. The molecule has 2 aromatic rings. The number of nitrogens with zero attached hydrogens (tertiary/aromatic N) is 1. The number of allylic oxidation sites excluding steroid dienone is 3. The highest BCUT2D eigenvalue weighted by molar-refractivity contribution is 6.35. The van der Waals surface area contributed by atoms with Gasteiger partial charge >= 0.3 is 0 Å². The van der Waals surface area contributed by atoms with E-state index in [2.05, 4.69) is 49.1 Å². The van der Waals surface area contributed by atoms with Gasteiger partial charge in [-0.25, -0.2) is 0 Å². The molecule has 0 radical (unpaired) electrons. The van der Waals surface area contributed by atoms with Crippen molar-refractivity contribution in [1.29, 1.82) is 0 Å². The summed E-state index contributed by atoms with van der Waals surface area (Å²) in [5.74, 6) is 0. The largest absolute Gasteiger partial charge is 0.321 e. The van der Waals surface area contributed by atoms with Gasteiger partial charge in [0.25, 0.3) is 5.56 Å². The Hall–Kier alpha value is -1.84. The smallest absolute Gasteiger partial charge is 0.256 e. The number of nitrogens with one attached hydrogen (secondary N) is 1. The average Bonchev–Trinajstić information content (AvgIpc) is 2.48. The van der Waals surface area contributed by atoms with Crippen LogP contribution in [0.4, 0.5) is 0 Å². The normalized spacial score (nSPS) is 21.0. The second-order valence-corrected chi connectivity index (χ2v) is 7.21. The van der Waals surface area contributed by atoms with Gasteiger partial charge in [0.2, 0.25) is 0 Å². The maximum absolute atomic E-state index is 12.3. The van der Waals surface area contributed by atoms with Gasteiger partial charge in [-0.3, -0.25) is 4.79 Å². The Morgan fingerprint density at radius 2 is 2.09 bits per heavy atom. The summed E-state index contributed by atoms with van der Waals surface area (Å²) in [7, 11) is 4.17. The number of rotatable bonds is 3. The zero-order valence-electron chi connectivity index (χ0n) is 13.7. The minimum atomic E-state index is -0.101. The fraction of sp³-hybridized carbons (Fsp3) is 0.316. The summed E-state index contributed by atoms with van der Waals surface area (Å²) in [4.78, 5) is 17.5. The van der Waals surface area contributed by atoms with Crippen molar-refractivity contribution in [2.45, 2.75) is 13.3 Å². The van der Waals surface area contributed by atoms with E-state index in [9.17, 15) is 4.79 Å². The molecule has 4 heteroatoms. The van der Waals surface area contributed by atoms with Gasteiger partial charge < -0.3 is 9.88 Å².